The fraction of sp³-hybridized carbons (Fsp3) is 0.625. The van der Waals surface area contributed by atoms with Gasteiger partial charge in [-0.05, 0) is 55.4 Å². The van der Waals surface area contributed by atoms with E-state index in [1.807, 2.05) is 0 Å². The van der Waals surface area contributed by atoms with Gasteiger partial charge in [-0.3, -0.25) is 0 Å². The van der Waals surface area contributed by atoms with Crippen LogP contribution in [0.2, 0.25) is 0 Å². The van der Waals surface area contributed by atoms with Crippen molar-refractivity contribution >= 4 is 0 Å². The van der Waals surface area contributed by atoms with Gasteiger partial charge in [-0.25, -0.2) is 0 Å². The number of aryl methyl sites for hydroxylation is 1. The number of benzene rings is 1. The molecule has 1 heterocycles. The van der Waals surface area contributed by atoms with Gasteiger partial charge < -0.3 is 14.8 Å². The van der Waals surface area contributed by atoms with Crippen LogP contribution < -0.4 is 10.1 Å². The van der Waals surface area contributed by atoms with Crippen LogP contribution in [0.25, 0.3) is 0 Å². The molecule has 1 aliphatic heterocycles. The molecule has 3 rings (SSSR count). The number of ether oxygens (including phenoxy) is 2. The Balaban J connectivity index is 1.76. The smallest absolute Gasteiger partial charge is 0.119 e. The maximum absolute atomic E-state index is 5.57. The minimum atomic E-state index is 0.463. The van der Waals surface area contributed by atoms with E-state index in [2.05, 4.69) is 23.5 Å². The summed E-state index contributed by atoms with van der Waals surface area (Å²) >= 11 is 0. The fourth-order valence-electron chi connectivity index (χ4n) is 3.23. The lowest BCUT2D eigenvalue weighted by Crippen LogP contribution is -2.40. The number of fused-ring (bicyclic) bond motifs is 1. The van der Waals surface area contributed by atoms with Crippen molar-refractivity contribution in [3.63, 3.8) is 0 Å². The fourth-order valence-corrected chi connectivity index (χ4v) is 3.23. The monoisotopic (exact) mass is 261 g/mol. The average molecular weight is 261 g/mol. The van der Waals surface area contributed by atoms with Crippen molar-refractivity contribution in [2.75, 3.05) is 20.3 Å². The summed E-state index contributed by atoms with van der Waals surface area (Å²) in [6.07, 6.45) is 6.09. The second kappa shape index (κ2) is 5.93. The summed E-state index contributed by atoms with van der Waals surface area (Å²) in [7, 11) is 1.74. The number of rotatable bonds is 3. The third kappa shape index (κ3) is 2.93. The highest BCUT2D eigenvalue weighted by Crippen LogP contribution is 2.33. The van der Waals surface area contributed by atoms with Crippen molar-refractivity contribution in [3.8, 4) is 5.75 Å². The first kappa shape index (κ1) is 12.9. The summed E-state index contributed by atoms with van der Waals surface area (Å²) in [4.78, 5) is 0. The van der Waals surface area contributed by atoms with E-state index in [-0.39, 0.29) is 0 Å². The number of hydrogen-bond donors (Lipinski definition) is 1. The van der Waals surface area contributed by atoms with Crippen molar-refractivity contribution in [1.82, 2.24) is 5.32 Å². The summed E-state index contributed by atoms with van der Waals surface area (Å²) in [6, 6.07) is 7.47. The van der Waals surface area contributed by atoms with E-state index in [0.29, 0.717) is 12.1 Å². The van der Waals surface area contributed by atoms with Crippen molar-refractivity contribution in [2.45, 2.75) is 44.2 Å². The Morgan fingerprint density at radius 1 is 1.26 bits per heavy atom. The number of nitrogens with one attached hydrogen (secondary N) is 1. The molecule has 0 amide bonds. The zero-order valence-corrected chi connectivity index (χ0v) is 11.7. The lowest BCUT2D eigenvalue weighted by Gasteiger charge is -2.32. The molecule has 1 aliphatic carbocycles. The third-order valence-electron chi connectivity index (χ3n) is 4.26. The molecule has 19 heavy (non-hydrogen) atoms. The molecule has 3 nitrogen and oxygen atoms in total. The van der Waals surface area contributed by atoms with Crippen molar-refractivity contribution in [2.24, 2.45) is 0 Å². The Morgan fingerprint density at radius 2 is 2.21 bits per heavy atom. The average Bonchev–Trinajstić information content (AvgIpc) is 2.48. The van der Waals surface area contributed by atoms with Crippen LogP contribution in [-0.4, -0.2) is 26.4 Å². The van der Waals surface area contributed by atoms with Crippen LogP contribution in [0.1, 0.15) is 42.9 Å². The zero-order chi connectivity index (χ0) is 13.1. The Bertz CT molecular complexity index is 427. The van der Waals surface area contributed by atoms with E-state index in [1.165, 1.54) is 43.2 Å². The molecule has 0 aromatic heterocycles. The van der Waals surface area contributed by atoms with E-state index in [9.17, 15) is 0 Å². The minimum absolute atomic E-state index is 0.463. The van der Waals surface area contributed by atoms with Gasteiger partial charge in [0, 0.05) is 18.7 Å². The van der Waals surface area contributed by atoms with Gasteiger partial charge in [0.25, 0.3) is 0 Å². The van der Waals surface area contributed by atoms with E-state index in [0.717, 1.165) is 19.0 Å². The summed E-state index contributed by atoms with van der Waals surface area (Å²) in [6.45, 7) is 1.78. The number of methoxy groups -OCH3 is 1. The van der Waals surface area contributed by atoms with Crippen LogP contribution in [-0.2, 0) is 11.2 Å². The van der Waals surface area contributed by atoms with Crippen LogP contribution in [0.5, 0.6) is 5.75 Å². The highest BCUT2D eigenvalue weighted by molar-refractivity contribution is 5.39. The van der Waals surface area contributed by atoms with Crippen molar-refractivity contribution < 1.29 is 9.47 Å². The first-order valence-electron chi connectivity index (χ1n) is 7.37. The molecule has 0 bridgehead atoms. The molecular weight excluding hydrogens is 238 g/mol. The van der Waals surface area contributed by atoms with E-state index >= 15 is 0 Å². The van der Waals surface area contributed by atoms with Crippen LogP contribution in [0.15, 0.2) is 18.2 Å². The Hall–Kier alpha value is -1.06. The quantitative estimate of drug-likeness (QED) is 0.907. The highest BCUT2D eigenvalue weighted by Gasteiger charge is 2.24. The summed E-state index contributed by atoms with van der Waals surface area (Å²) in [5, 5.41) is 3.78. The van der Waals surface area contributed by atoms with Crippen LogP contribution >= 0.6 is 0 Å². The van der Waals surface area contributed by atoms with Crippen LogP contribution in [0.4, 0.5) is 0 Å². The van der Waals surface area contributed by atoms with Gasteiger partial charge in [-0.2, -0.15) is 0 Å². The second-order valence-electron chi connectivity index (χ2n) is 5.59. The summed E-state index contributed by atoms with van der Waals surface area (Å²) in [5.41, 5.74) is 2.90. The molecule has 1 saturated heterocycles. The molecule has 1 fully saturated rings. The third-order valence-corrected chi connectivity index (χ3v) is 4.26. The standard InChI is InChI=1S/C16H23NO2/c1-18-14-8-7-12-4-2-6-16(15(12)10-14)17-13-5-3-9-19-11-13/h7-8,10,13,16-17H,2-6,9,11H2,1H3. The molecule has 2 atom stereocenters. The molecular formula is C16H23NO2. The normalized spacial score (nSPS) is 26.8. The minimum Gasteiger partial charge on any atom is -0.497 e. The Morgan fingerprint density at radius 3 is 3.00 bits per heavy atom. The molecule has 2 aliphatic rings. The molecule has 0 saturated carbocycles. The zero-order valence-electron chi connectivity index (χ0n) is 11.7. The first-order valence-corrected chi connectivity index (χ1v) is 7.37. The van der Waals surface area contributed by atoms with Crippen molar-refractivity contribution in [3.05, 3.63) is 29.3 Å². The van der Waals surface area contributed by atoms with Gasteiger partial charge in [0.05, 0.1) is 13.7 Å². The number of hydrogen-bond acceptors (Lipinski definition) is 3. The lowest BCUT2D eigenvalue weighted by molar-refractivity contribution is 0.0654. The summed E-state index contributed by atoms with van der Waals surface area (Å²) < 4.78 is 10.9. The van der Waals surface area contributed by atoms with E-state index in [4.69, 9.17) is 9.47 Å². The maximum atomic E-state index is 5.57. The van der Waals surface area contributed by atoms with E-state index in [1.54, 1.807) is 7.11 Å². The predicted molar refractivity (Wildman–Crippen MR) is 75.6 cm³/mol. The molecule has 0 spiro atoms. The van der Waals surface area contributed by atoms with Gasteiger partial charge in [0.15, 0.2) is 0 Å². The SMILES string of the molecule is COc1ccc2c(c1)C(NC1CCCOC1)CCC2. The molecule has 1 aromatic rings. The molecule has 1 N–H and O–H groups in total. The van der Waals surface area contributed by atoms with E-state index < -0.39 is 0 Å². The molecule has 104 valence electrons. The van der Waals surface area contributed by atoms with Crippen molar-refractivity contribution in [1.29, 1.82) is 0 Å². The van der Waals surface area contributed by atoms with Crippen LogP contribution in [0, 0.1) is 0 Å². The predicted octanol–water partition coefficient (Wildman–Crippen LogP) is 2.84. The van der Waals surface area contributed by atoms with Crippen LogP contribution in [0.3, 0.4) is 0 Å². The van der Waals surface area contributed by atoms with Gasteiger partial charge in [-0.1, -0.05) is 6.07 Å². The lowest BCUT2D eigenvalue weighted by atomic mass is 9.87. The van der Waals surface area contributed by atoms with Gasteiger partial charge in [0.1, 0.15) is 5.75 Å². The molecule has 1 aromatic carbocycles. The summed E-state index contributed by atoms with van der Waals surface area (Å²) in [5.74, 6) is 0.965. The highest BCUT2D eigenvalue weighted by atomic mass is 16.5. The topological polar surface area (TPSA) is 30.5 Å². The molecule has 3 heteroatoms. The largest absolute Gasteiger partial charge is 0.497 e. The second-order valence-corrected chi connectivity index (χ2v) is 5.59. The Labute approximate surface area is 115 Å². The van der Waals surface area contributed by atoms with Gasteiger partial charge in [-0.15, -0.1) is 0 Å². The van der Waals surface area contributed by atoms with Gasteiger partial charge in [0.2, 0.25) is 0 Å². The first-order chi connectivity index (χ1) is 9.36. The molecule has 2 unspecified atom stereocenters. The molecule has 0 radical (unpaired) electrons. The Kier molecular flexibility index (Phi) is 4.04. The van der Waals surface area contributed by atoms with Gasteiger partial charge >= 0.3 is 0 Å². The maximum Gasteiger partial charge on any atom is 0.119 e.